The van der Waals surface area contributed by atoms with Gasteiger partial charge in [0.05, 0.1) is 29.2 Å². The summed E-state index contributed by atoms with van der Waals surface area (Å²) < 4.78 is 4.22. The van der Waals surface area contributed by atoms with E-state index in [0.717, 1.165) is 18.4 Å². The molecule has 4 rings (SSSR count). The van der Waals surface area contributed by atoms with Crippen LogP contribution in [0.25, 0.3) is 0 Å². The number of benzene rings is 1. The van der Waals surface area contributed by atoms with Crippen LogP contribution in [0.3, 0.4) is 0 Å². The Bertz CT molecular complexity index is 1050. The van der Waals surface area contributed by atoms with Crippen LogP contribution in [-0.2, 0) is 19.1 Å². The summed E-state index contributed by atoms with van der Waals surface area (Å²) in [5.41, 5.74) is 0.757. The summed E-state index contributed by atoms with van der Waals surface area (Å²) in [6, 6.07) is 7.82. The number of hydrogen-bond acceptors (Lipinski definition) is 6. The molecule has 1 N–H and O–H groups in total. The number of hydrogen-bond donors (Lipinski definition) is 1. The van der Waals surface area contributed by atoms with E-state index in [1.165, 1.54) is 6.08 Å². The number of thioether (sulfide) groups is 1. The number of ether oxygens (including phenoxy) is 1. The van der Waals surface area contributed by atoms with E-state index in [4.69, 9.17) is 4.74 Å². The molecular weight excluding hydrogens is 488 g/mol. The largest absolute Gasteiger partial charge is 0.461 e. The second-order valence-corrected chi connectivity index (χ2v) is 12.3. The molecule has 0 saturated carbocycles. The van der Waals surface area contributed by atoms with Gasteiger partial charge in [-0.1, -0.05) is 62.4 Å². The Balaban J connectivity index is 1.83. The van der Waals surface area contributed by atoms with Gasteiger partial charge in [0.15, 0.2) is 0 Å². The molecule has 3 saturated heterocycles. The molecule has 2 unspecified atom stereocenters. The van der Waals surface area contributed by atoms with E-state index < -0.39 is 39.4 Å². The number of nitrogens with zero attached hydrogens (tertiary/aromatic N) is 2. The van der Waals surface area contributed by atoms with Gasteiger partial charge in [-0.15, -0.1) is 18.3 Å². The van der Waals surface area contributed by atoms with Crippen molar-refractivity contribution in [2.45, 2.75) is 61.1 Å². The van der Waals surface area contributed by atoms with Gasteiger partial charge in [0.2, 0.25) is 11.8 Å². The average Bonchev–Trinajstić information content (AvgIpc) is 3.47. The monoisotopic (exact) mass is 526 g/mol. The zero-order valence-corrected chi connectivity index (χ0v) is 22.6. The third kappa shape index (κ3) is 4.52. The first-order valence-electron chi connectivity index (χ1n) is 13.1. The molecule has 200 valence electrons. The molecule has 3 aliphatic heterocycles. The average molecular weight is 527 g/mol. The predicted molar refractivity (Wildman–Crippen MR) is 145 cm³/mol. The second kappa shape index (κ2) is 11.0. The van der Waals surface area contributed by atoms with E-state index in [9.17, 15) is 19.5 Å². The maximum atomic E-state index is 14.4. The zero-order valence-electron chi connectivity index (χ0n) is 21.8. The molecule has 8 heteroatoms. The molecule has 0 radical (unpaired) electrons. The maximum Gasteiger partial charge on any atom is 0.311 e. The molecule has 1 spiro atoms. The summed E-state index contributed by atoms with van der Waals surface area (Å²) in [5, 5.41) is 10.6. The minimum absolute atomic E-state index is 0.0729. The number of aliphatic hydroxyl groups is 1. The fourth-order valence-corrected chi connectivity index (χ4v) is 8.89. The molecule has 1 aromatic rings. The lowest BCUT2D eigenvalue weighted by molar-refractivity contribution is -0.155. The summed E-state index contributed by atoms with van der Waals surface area (Å²) >= 11 is 1.60. The van der Waals surface area contributed by atoms with E-state index in [-0.39, 0.29) is 25.0 Å². The van der Waals surface area contributed by atoms with Gasteiger partial charge < -0.3 is 19.6 Å². The van der Waals surface area contributed by atoms with Crippen molar-refractivity contribution in [2.75, 3.05) is 26.3 Å². The maximum absolute atomic E-state index is 14.4. The lowest BCUT2D eigenvalue weighted by Gasteiger charge is -2.39. The van der Waals surface area contributed by atoms with Crippen LogP contribution in [0.2, 0.25) is 0 Å². The second-order valence-electron chi connectivity index (χ2n) is 10.4. The Morgan fingerprint density at radius 1 is 1.27 bits per heavy atom. The van der Waals surface area contributed by atoms with Crippen molar-refractivity contribution < 1.29 is 24.2 Å². The molecule has 2 amide bonds. The van der Waals surface area contributed by atoms with Crippen molar-refractivity contribution in [1.29, 1.82) is 0 Å². The Morgan fingerprint density at radius 2 is 2.00 bits per heavy atom. The number of aliphatic hydroxyl groups excluding tert-OH is 1. The lowest BCUT2D eigenvalue weighted by atomic mass is 9.66. The van der Waals surface area contributed by atoms with Crippen LogP contribution in [-0.4, -0.2) is 74.5 Å². The molecule has 3 aliphatic rings. The van der Waals surface area contributed by atoms with Crippen molar-refractivity contribution in [3.8, 4) is 0 Å². The van der Waals surface area contributed by atoms with Gasteiger partial charge in [-0.25, -0.2) is 0 Å². The first-order valence-corrected chi connectivity index (χ1v) is 14.0. The van der Waals surface area contributed by atoms with Gasteiger partial charge in [-0.2, -0.15) is 0 Å². The van der Waals surface area contributed by atoms with Gasteiger partial charge >= 0.3 is 5.97 Å². The molecule has 37 heavy (non-hydrogen) atoms. The number of carbonyl (C=O) groups is 3. The smallest absolute Gasteiger partial charge is 0.311 e. The van der Waals surface area contributed by atoms with Crippen LogP contribution in [0.4, 0.5) is 0 Å². The van der Waals surface area contributed by atoms with E-state index in [0.29, 0.717) is 25.9 Å². The van der Waals surface area contributed by atoms with E-state index in [2.05, 4.69) is 20.1 Å². The van der Waals surface area contributed by atoms with Gasteiger partial charge in [-0.3, -0.25) is 14.4 Å². The number of amides is 2. The molecule has 0 aliphatic carbocycles. The number of rotatable bonds is 12. The Labute approximate surface area is 223 Å². The molecule has 0 aromatic heterocycles. The van der Waals surface area contributed by atoms with Crippen molar-refractivity contribution in [3.63, 3.8) is 0 Å². The quantitative estimate of drug-likeness (QED) is 0.330. The summed E-state index contributed by atoms with van der Waals surface area (Å²) in [7, 11) is 0. The first kappa shape index (κ1) is 27.5. The van der Waals surface area contributed by atoms with Crippen LogP contribution >= 0.6 is 11.8 Å². The van der Waals surface area contributed by atoms with Crippen LogP contribution in [0, 0.1) is 11.8 Å². The molecule has 3 heterocycles. The minimum Gasteiger partial charge on any atom is -0.461 e. The topological polar surface area (TPSA) is 87.1 Å². The summed E-state index contributed by atoms with van der Waals surface area (Å²) in [6.07, 6.45) is 6.34. The van der Waals surface area contributed by atoms with E-state index >= 15 is 0 Å². The molecule has 6 atom stereocenters. The van der Waals surface area contributed by atoms with Crippen LogP contribution < -0.4 is 0 Å². The lowest BCUT2D eigenvalue weighted by Crippen LogP contribution is -2.55. The molecule has 2 bridgehead atoms. The van der Waals surface area contributed by atoms with Crippen molar-refractivity contribution in [2.24, 2.45) is 11.8 Å². The number of fused-ring (bicyclic) bond motifs is 1. The van der Waals surface area contributed by atoms with E-state index in [1.54, 1.807) is 27.6 Å². The van der Waals surface area contributed by atoms with Crippen LogP contribution in [0.1, 0.15) is 51.1 Å². The van der Waals surface area contributed by atoms with Crippen LogP contribution in [0.15, 0.2) is 55.6 Å². The Kier molecular flexibility index (Phi) is 8.19. The molecular formula is C29H38N2O5S. The van der Waals surface area contributed by atoms with E-state index in [1.807, 2.05) is 37.3 Å². The van der Waals surface area contributed by atoms with Crippen LogP contribution in [0.5, 0.6) is 0 Å². The third-order valence-electron chi connectivity index (χ3n) is 8.18. The Morgan fingerprint density at radius 3 is 2.62 bits per heavy atom. The number of likely N-dealkylation sites (tertiary alicyclic amines) is 1. The normalized spacial score (nSPS) is 30.6. The molecule has 3 fully saturated rings. The van der Waals surface area contributed by atoms with Crippen molar-refractivity contribution >= 4 is 29.5 Å². The van der Waals surface area contributed by atoms with Gasteiger partial charge in [0.1, 0.15) is 12.6 Å². The highest BCUT2D eigenvalue weighted by atomic mass is 32.2. The number of unbranched alkanes of at least 4 members (excludes halogenated alkanes) is 1. The standard InChI is InChI=1S/C29H38N2O5S/c1-5-8-17-30(16-6-2)26(34)24-29-15-14-28(4,37-29)23(27(35)36-18-7-3)22(29)25(33)31(24)21(19-32)20-12-10-9-11-13-20/h6-7,9-13,21-24,32H,2-3,5,8,14-19H2,1,4H3/t21-,22+,23-,24?,28+,29?/m1/s1. The fourth-order valence-electron chi connectivity index (χ4n) is 6.57. The third-order valence-corrected chi connectivity index (χ3v) is 10.2. The highest BCUT2D eigenvalue weighted by molar-refractivity contribution is 8.02. The minimum atomic E-state index is -0.803. The van der Waals surface area contributed by atoms with Crippen molar-refractivity contribution in [3.05, 3.63) is 61.2 Å². The zero-order chi connectivity index (χ0) is 26.8. The summed E-state index contributed by atoms with van der Waals surface area (Å²) in [4.78, 5) is 45.5. The fraction of sp³-hybridized carbons (Fsp3) is 0.552. The van der Waals surface area contributed by atoms with Gasteiger partial charge in [-0.05, 0) is 31.7 Å². The molecule has 7 nitrogen and oxygen atoms in total. The highest BCUT2D eigenvalue weighted by Crippen LogP contribution is 2.72. The van der Waals surface area contributed by atoms with Crippen molar-refractivity contribution in [1.82, 2.24) is 9.80 Å². The highest BCUT2D eigenvalue weighted by Gasteiger charge is 2.78. The van der Waals surface area contributed by atoms with Gasteiger partial charge in [0.25, 0.3) is 0 Å². The molecule has 1 aromatic carbocycles. The number of carbonyl (C=O) groups excluding carboxylic acids is 3. The first-order chi connectivity index (χ1) is 17.8. The van der Waals surface area contributed by atoms with Gasteiger partial charge in [0, 0.05) is 17.8 Å². The predicted octanol–water partition coefficient (Wildman–Crippen LogP) is 3.75. The number of esters is 1. The summed E-state index contributed by atoms with van der Waals surface area (Å²) in [5.74, 6) is -2.19. The Hall–Kier alpha value is -2.58. The SMILES string of the molecule is C=CCOC(=O)[C@H]1[C@H]2C(=O)N([C@H](CO)c3ccccc3)C(C(=O)N(CC=C)CCCC)C23CC[C@]1(C)S3. The summed E-state index contributed by atoms with van der Waals surface area (Å²) in [6.45, 7) is 12.3.